The summed E-state index contributed by atoms with van der Waals surface area (Å²) in [6.07, 6.45) is 2.17. The predicted octanol–water partition coefficient (Wildman–Crippen LogP) is 4.03. The molecule has 1 aliphatic rings. The lowest BCUT2D eigenvalue weighted by Gasteiger charge is -2.15. The van der Waals surface area contributed by atoms with Crippen LogP contribution in [0.4, 0.5) is 5.69 Å². The van der Waals surface area contributed by atoms with Gasteiger partial charge < -0.3 is 14.8 Å². The van der Waals surface area contributed by atoms with Crippen molar-refractivity contribution in [1.29, 1.82) is 0 Å². The first kappa shape index (κ1) is 21.6. The van der Waals surface area contributed by atoms with Crippen LogP contribution in [-0.4, -0.2) is 30.9 Å². The van der Waals surface area contributed by atoms with Gasteiger partial charge in [-0.1, -0.05) is 18.2 Å². The summed E-state index contributed by atoms with van der Waals surface area (Å²) in [4.78, 5) is 36.9. The van der Waals surface area contributed by atoms with Gasteiger partial charge in [0, 0.05) is 12.0 Å². The molecule has 0 radical (unpaired) electrons. The van der Waals surface area contributed by atoms with E-state index in [4.69, 9.17) is 9.47 Å². The third kappa shape index (κ3) is 5.26. The van der Waals surface area contributed by atoms with E-state index < -0.39 is 18.0 Å². The number of fused-ring (bicyclic) bond motifs is 1. The third-order valence-electron chi connectivity index (χ3n) is 5.27. The van der Waals surface area contributed by atoms with Gasteiger partial charge in [0.05, 0.1) is 19.2 Å². The van der Waals surface area contributed by atoms with Gasteiger partial charge in [0.15, 0.2) is 11.9 Å². The molecule has 1 aliphatic carbocycles. The lowest BCUT2D eigenvalue weighted by atomic mass is 10.0. The van der Waals surface area contributed by atoms with Crippen LogP contribution in [0.5, 0.6) is 5.75 Å². The first-order valence-electron chi connectivity index (χ1n) is 10.2. The van der Waals surface area contributed by atoms with E-state index in [0.717, 1.165) is 24.8 Å². The molecular weight excluding hydrogens is 382 g/mol. The Morgan fingerprint density at radius 2 is 1.80 bits per heavy atom. The van der Waals surface area contributed by atoms with Crippen molar-refractivity contribution in [2.24, 2.45) is 0 Å². The minimum absolute atomic E-state index is 0.0532. The van der Waals surface area contributed by atoms with Crippen LogP contribution < -0.4 is 10.1 Å². The number of anilines is 1. The molecule has 2 aromatic rings. The van der Waals surface area contributed by atoms with E-state index >= 15 is 0 Å². The fraction of sp³-hybridized carbons (Fsp3) is 0.375. The quantitative estimate of drug-likeness (QED) is 0.526. The maximum Gasteiger partial charge on any atom is 0.307 e. The van der Waals surface area contributed by atoms with Crippen molar-refractivity contribution in [1.82, 2.24) is 0 Å². The van der Waals surface area contributed by atoms with Gasteiger partial charge >= 0.3 is 5.97 Å². The second-order valence-electron chi connectivity index (χ2n) is 7.59. The molecule has 0 aliphatic heterocycles. The molecule has 2 aromatic carbocycles. The first-order valence-corrected chi connectivity index (χ1v) is 10.2. The average Bonchev–Trinajstić information content (AvgIpc) is 3.20. The lowest BCUT2D eigenvalue weighted by Crippen LogP contribution is -2.30. The van der Waals surface area contributed by atoms with Gasteiger partial charge in [-0.2, -0.15) is 0 Å². The van der Waals surface area contributed by atoms with Crippen molar-refractivity contribution in [3.63, 3.8) is 0 Å². The summed E-state index contributed by atoms with van der Waals surface area (Å²) in [6, 6.07) is 11.2. The maximum atomic E-state index is 12.4. The number of aryl methyl sites for hydroxylation is 3. The summed E-state index contributed by atoms with van der Waals surface area (Å²) < 4.78 is 10.4. The van der Waals surface area contributed by atoms with Crippen LogP contribution in [0.25, 0.3) is 0 Å². The van der Waals surface area contributed by atoms with E-state index in [-0.39, 0.29) is 18.6 Å². The summed E-state index contributed by atoms with van der Waals surface area (Å²) in [5, 5.41) is 2.71. The van der Waals surface area contributed by atoms with Crippen molar-refractivity contribution >= 4 is 23.3 Å². The van der Waals surface area contributed by atoms with Crippen molar-refractivity contribution in [3.8, 4) is 5.75 Å². The highest BCUT2D eigenvalue weighted by molar-refractivity contribution is 5.99. The molecule has 0 spiro atoms. The molecule has 3 rings (SSSR count). The largest absolute Gasteiger partial charge is 0.495 e. The van der Waals surface area contributed by atoms with Crippen molar-refractivity contribution in [2.75, 3.05) is 12.4 Å². The van der Waals surface area contributed by atoms with Crippen LogP contribution in [0.3, 0.4) is 0 Å². The van der Waals surface area contributed by atoms with E-state index in [0.29, 0.717) is 17.0 Å². The van der Waals surface area contributed by atoms with Gasteiger partial charge in [0.2, 0.25) is 0 Å². The number of carbonyl (C=O) groups is 3. The van der Waals surface area contributed by atoms with Crippen molar-refractivity contribution in [2.45, 2.75) is 52.1 Å². The molecular formula is C24H27NO5. The van der Waals surface area contributed by atoms with Crippen LogP contribution in [0, 0.1) is 6.92 Å². The third-order valence-corrected chi connectivity index (χ3v) is 5.27. The fourth-order valence-electron chi connectivity index (χ4n) is 3.57. The van der Waals surface area contributed by atoms with Gasteiger partial charge in [-0.25, -0.2) is 0 Å². The number of benzene rings is 2. The van der Waals surface area contributed by atoms with E-state index in [2.05, 4.69) is 5.32 Å². The van der Waals surface area contributed by atoms with Gasteiger partial charge in [0.25, 0.3) is 5.91 Å². The summed E-state index contributed by atoms with van der Waals surface area (Å²) in [6.45, 7) is 3.40. The molecule has 1 atom stereocenters. The van der Waals surface area contributed by atoms with Crippen LogP contribution >= 0.6 is 0 Å². The Morgan fingerprint density at radius 1 is 1.03 bits per heavy atom. The number of nitrogens with one attached hydrogen (secondary N) is 1. The second-order valence-corrected chi connectivity index (χ2v) is 7.59. The van der Waals surface area contributed by atoms with Gasteiger partial charge in [-0.05, 0) is 68.0 Å². The van der Waals surface area contributed by atoms with Gasteiger partial charge in [0.1, 0.15) is 5.75 Å². The van der Waals surface area contributed by atoms with Crippen molar-refractivity contribution in [3.05, 3.63) is 58.7 Å². The zero-order valence-corrected chi connectivity index (χ0v) is 17.6. The molecule has 0 fully saturated rings. The smallest absolute Gasteiger partial charge is 0.307 e. The molecule has 158 valence electrons. The molecule has 0 heterocycles. The summed E-state index contributed by atoms with van der Waals surface area (Å²) in [7, 11) is 1.52. The molecule has 6 heteroatoms. The number of hydrogen-bond donors (Lipinski definition) is 1. The van der Waals surface area contributed by atoms with Gasteiger partial charge in [-0.15, -0.1) is 0 Å². The van der Waals surface area contributed by atoms with Crippen molar-refractivity contribution < 1.29 is 23.9 Å². The van der Waals surface area contributed by atoms with Crippen LogP contribution in [0.2, 0.25) is 0 Å². The van der Waals surface area contributed by atoms with E-state index in [1.807, 2.05) is 31.2 Å². The topological polar surface area (TPSA) is 81.7 Å². The van der Waals surface area contributed by atoms with E-state index in [1.165, 1.54) is 25.2 Å². The molecule has 1 N–H and O–H groups in total. The lowest BCUT2D eigenvalue weighted by molar-refractivity contribution is -0.153. The van der Waals surface area contributed by atoms with Crippen LogP contribution in [0.1, 0.15) is 53.2 Å². The molecule has 0 saturated carbocycles. The minimum Gasteiger partial charge on any atom is -0.495 e. The normalized spacial score (nSPS) is 13.3. The zero-order chi connectivity index (χ0) is 21.7. The number of ether oxygens (including phenoxy) is 2. The van der Waals surface area contributed by atoms with Crippen LogP contribution in [-0.2, 0) is 27.2 Å². The Kier molecular flexibility index (Phi) is 6.87. The standard InChI is InChI=1S/C24H27NO5/c1-15-7-11-22(29-3)20(13-15)25-24(28)16(2)30-23(27)12-10-21(26)19-9-8-17-5-4-6-18(17)14-19/h7-9,11,13-14,16H,4-6,10,12H2,1-3H3,(H,25,28). The number of esters is 1. The SMILES string of the molecule is COc1ccc(C)cc1NC(=O)C(C)OC(=O)CCC(=O)c1ccc2c(c1)CCC2. The summed E-state index contributed by atoms with van der Waals surface area (Å²) in [5.41, 5.74) is 4.62. The minimum atomic E-state index is -0.988. The average molecular weight is 409 g/mol. The second kappa shape index (κ2) is 9.57. The number of ketones is 1. The Labute approximate surface area is 176 Å². The van der Waals surface area contributed by atoms with E-state index in [1.54, 1.807) is 12.1 Å². The number of Topliss-reactive ketones (excluding diaryl/α,β-unsaturated/α-hetero) is 1. The molecule has 0 bridgehead atoms. The molecule has 0 aromatic heterocycles. The summed E-state index contributed by atoms with van der Waals surface area (Å²) in [5.74, 6) is -0.615. The number of rotatable bonds is 8. The highest BCUT2D eigenvalue weighted by Crippen LogP contribution is 2.26. The summed E-state index contributed by atoms with van der Waals surface area (Å²) >= 11 is 0. The highest BCUT2D eigenvalue weighted by atomic mass is 16.5. The zero-order valence-electron chi connectivity index (χ0n) is 17.6. The number of hydrogen-bond acceptors (Lipinski definition) is 5. The van der Waals surface area contributed by atoms with Crippen LogP contribution in [0.15, 0.2) is 36.4 Å². The Balaban J connectivity index is 1.50. The number of amides is 1. The maximum absolute atomic E-state index is 12.4. The molecule has 1 amide bonds. The molecule has 30 heavy (non-hydrogen) atoms. The monoisotopic (exact) mass is 409 g/mol. The Hall–Kier alpha value is -3.15. The number of carbonyl (C=O) groups excluding carboxylic acids is 3. The fourth-order valence-corrected chi connectivity index (χ4v) is 3.57. The first-order chi connectivity index (χ1) is 14.4. The highest BCUT2D eigenvalue weighted by Gasteiger charge is 2.20. The molecule has 1 unspecified atom stereocenters. The van der Waals surface area contributed by atoms with Gasteiger partial charge in [-0.3, -0.25) is 14.4 Å². The van der Waals surface area contributed by atoms with E-state index in [9.17, 15) is 14.4 Å². The molecule has 6 nitrogen and oxygen atoms in total. The molecule has 0 saturated heterocycles. The predicted molar refractivity (Wildman–Crippen MR) is 114 cm³/mol. The Morgan fingerprint density at radius 3 is 2.57 bits per heavy atom. The Bertz CT molecular complexity index is 966. The number of methoxy groups -OCH3 is 1.